The van der Waals surface area contributed by atoms with E-state index in [-0.39, 0.29) is 77.0 Å². The van der Waals surface area contributed by atoms with E-state index in [1.807, 2.05) is 100 Å². The number of ether oxygens (including phenoxy) is 1. The first-order chi connectivity index (χ1) is 62.4. The van der Waals surface area contributed by atoms with Gasteiger partial charge in [-0.3, -0.25) is 4.57 Å². The Morgan fingerprint density at radius 2 is 1.06 bits per heavy atom. The second-order valence-electron chi connectivity index (χ2n) is 31.5. The molecular formula is C102H88N4OPtSi-2. The number of hydrogen-bond donors (Lipinski definition) is 0. The Hall–Kier alpha value is -11.0. The standard InChI is InChI=1S/C102H88N4OSi.Pt/c1-66-29-26-30-67(2)96(66)71-57-85(68-45-47-72(48-46-68)99(3,4)5)97-89(58-71)87-64-91-90(101(9,10)52-53-102(91,11)12)63-86(87)81-41-22-23-42-82(81)88-56-70(69-31-27-40-80(55-69)108(77-34-16-13-17-35-77,78-36-18-14-19-37-78)79-38-20-15-21-39-79)59-94-98(88)105(97)65-104(94)74-32-28-33-75(61-74)107-76-49-50-84-83-43-24-25-44-92(83)106(93(84)62-76)95-60-73(51-54-103-95)100(6,7)8;/h13-51,54-60,63-64H,52-53H2,1-12H3;/q-2;/i1D3,2D3,13D,14D,15D,16D,17D,18D,19D,20D,21D,27D,31D,34D,35D,36D,37D,38D,39D,40D,55D;. The Morgan fingerprint density at radius 1 is 0.477 bits per heavy atom. The van der Waals surface area contributed by atoms with Crippen molar-refractivity contribution in [1.29, 1.82) is 0 Å². The molecule has 0 unspecified atom stereocenters. The van der Waals surface area contributed by atoms with Crippen LogP contribution in [-0.2, 0) is 42.7 Å². The fourth-order valence-corrected chi connectivity index (χ4v) is 19.6. The van der Waals surface area contributed by atoms with Crippen LogP contribution in [0.15, 0.2) is 291 Å². The zero-order valence-corrected chi connectivity index (χ0v) is 64.9. The van der Waals surface area contributed by atoms with Gasteiger partial charge in [0.1, 0.15) is 5.82 Å². The summed E-state index contributed by atoms with van der Waals surface area (Å²) in [6.07, 6.45) is 7.13. The van der Waals surface area contributed by atoms with Crippen molar-refractivity contribution in [2.75, 3.05) is 0 Å². The molecule has 18 rings (SSSR count). The Morgan fingerprint density at radius 3 is 1.70 bits per heavy atom. The van der Waals surface area contributed by atoms with E-state index in [4.69, 9.17) is 13.8 Å². The van der Waals surface area contributed by atoms with Gasteiger partial charge in [-0.1, -0.05) is 287 Å². The number of fused-ring (bicyclic) bond motifs is 11. The van der Waals surface area contributed by atoms with E-state index in [1.54, 1.807) is 53.2 Å². The van der Waals surface area contributed by atoms with E-state index in [9.17, 15) is 30.2 Å². The van der Waals surface area contributed by atoms with Crippen molar-refractivity contribution >= 4 is 61.7 Å². The predicted molar refractivity (Wildman–Crippen MR) is 452 cm³/mol. The van der Waals surface area contributed by atoms with Gasteiger partial charge in [-0.15, -0.1) is 29.7 Å². The molecule has 538 valence electrons. The van der Waals surface area contributed by atoms with Crippen molar-refractivity contribution in [2.24, 2.45) is 0 Å². The summed E-state index contributed by atoms with van der Waals surface area (Å²) in [6, 6.07) is 38.3. The Kier molecular flexibility index (Phi) is 11.8. The molecule has 0 N–H and O–H groups in total. The van der Waals surface area contributed by atoms with Crippen LogP contribution >= 0.6 is 0 Å². The normalized spacial score (nSPS) is 17.2. The molecule has 109 heavy (non-hydrogen) atoms. The van der Waals surface area contributed by atoms with Gasteiger partial charge in [0.15, 0.2) is 8.07 Å². The van der Waals surface area contributed by atoms with Crippen LogP contribution in [-0.4, -0.2) is 22.2 Å². The van der Waals surface area contributed by atoms with Crippen LogP contribution in [0.2, 0.25) is 0 Å². The minimum Gasteiger partial charge on any atom is -0.510 e. The van der Waals surface area contributed by atoms with Gasteiger partial charge in [0, 0.05) is 52.5 Å². The largest absolute Gasteiger partial charge is 0.510 e. The van der Waals surface area contributed by atoms with E-state index in [2.05, 4.69) is 106 Å². The van der Waals surface area contributed by atoms with Gasteiger partial charge in [0.05, 0.1) is 42.8 Å². The van der Waals surface area contributed by atoms with Gasteiger partial charge in [-0.05, 0) is 223 Å². The van der Waals surface area contributed by atoms with Crippen molar-refractivity contribution in [2.45, 2.75) is 117 Å². The molecule has 2 aliphatic rings. The zero-order chi connectivity index (χ0) is 95.7. The van der Waals surface area contributed by atoms with E-state index in [0.717, 1.165) is 51.4 Å². The zero-order valence-electron chi connectivity index (χ0n) is 86.7. The smallest absolute Gasteiger partial charge is 0.268 e. The first kappa shape index (κ1) is 47.7. The summed E-state index contributed by atoms with van der Waals surface area (Å²) >= 11 is 0. The Balaban J connectivity index is 0.0000125. The average molecular weight is 1630 g/mol. The maximum absolute atomic E-state index is 11.3. The monoisotopic (exact) mass is 1630 g/mol. The van der Waals surface area contributed by atoms with Crippen molar-refractivity contribution in [3.05, 3.63) is 343 Å². The summed E-state index contributed by atoms with van der Waals surface area (Å²) < 4.78 is 254. The summed E-state index contributed by atoms with van der Waals surface area (Å²) in [7, 11) is -6.43. The molecule has 3 aromatic heterocycles. The SMILES string of the molecule is [2H]c1c([2H])c([2H])c([Si](c2c([2H])c([2H])c([2H])c([2H])c2[2H])(c2c([2H])c([2H])c([2H])c([2H])c2[2H])c2c([2H])c([2H])c([2H])c(-c3cc4c5c(c3)n(-c3[c-]c(Oc6[c-]c7c(cc6)c6ccccc6n7-c6cc(C(C)(C)C)ccn6)ccc3)[c-][n+]5-c3c(-c5ccc(C(C)(C)C)cc5)cc(-c5c(C([2H])([2H])[2H])cccc5C([2H])([2H])[2H])cc3-c3cc5c(cc3-c3ccccc3-4)C(C)(C)CCC5(C)C)c2[2H])c([2H])c1[2H].[Pt]. The van der Waals surface area contributed by atoms with Crippen molar-refractivity contribution in [3.8, 4) is 95.5 Å². The summed E-state index contributed by atoms with van der Waals surface area (Å²) in [5, 5.41) is -2.21. The second kappa shape index (κ2) is 27.0. The topological polar surface area (TPSA) is 35.9 Å². The molecule has 0 fully saturated rings. The third-order valence-electron chi connectivity index (χ3n) is 21.8. The number of nitrogens with zero attached hydrogens (tertiary/aromatic N) is 4. The van der Waals surface area contributed by atoms with Crippen molar-refractivity contribution in [1.82, 2.24) is 14.1 Å². The van der Waals surface area contributed by atoms with Crippen molar-refractivity contribution < 1.29 is 64.6 Å². The van der Waals surface area contributed by atoms with E-state index in [0.29, 0.717) is 67.0 Å². The minimum atomic E-state index is -6.43. The minimum absolute atomic E-state index is 0. The molecule has 0 spiro atoms. The molecule has 4 heterocycles. The van der Waals surface area contributed by atoms with Crippen molar-refractivity contribution in [3.63, 3.8) is 0 Å². The van der Waals surface area contributed by atoms with Gasteiger partial charge in [0.25, 0.3) is 6.33 Å². The predicted octanol–water partition coefficient (Wildman–Crippen LogP) is 22.8. The number of benzene rings is 13. The first-order valence-corrected chi connectivity index (χ1v) is 38.1. The van der Waals surface area contributed by atoms with Gasteiger partial charge in [0.2, 0.25) is 0 Å². The van der Waals surface area contributed by atoms with Crippen LogP contribution in [0.4, 0.5) is 0 Å². The molecule has 0 bridgehead atoms. The number of para-hydroxylation sites is 1. The van der Waals surface area contributed by atoms with E-state index < -0.39 is 179 Å². The van der Waals surface area contributed by atoms with Crippen LogP contribution in [0, 0.1) is 32.2 Å². The fraction of sp³-hybridized carbons (Fsp3) is 0.176. The molecule has 16 aromatic rings. The van der Waals surface area contributed by atoms with Gasteiger partial charge in [-0.25, -0.2) is 4.98 Å². The molecule has 0 saturated heterocycles. The molecular weight excluding hydrogens is 1520 g/mol. The summed E-state index contributed by atoms with van der Waals surface area (Å²) in [5.41, 5.74) is 8.06. The van der Waals surface area contributed by atoms with Gasteiger partial charge < -0.3 is 13.9 Å². The third kappa shape index (κ3) is 12.1. The fourth-order valence-electron chi connectivity index (χ4n) is 16.1. The summed E-state index contributed by atoms with van der Waals surface area (Å²) in [6.45, 7) is 15.6. The molecule has 7 heteroatoms. The van der Waals surface area contributed by atoms with E-state index >= 15 is 0 Å². The molecule has 1 aliphatic heterocycles. The average Bonchev–Trinajstić information content (AvgIpc) is 0.758. The number of rotatable bonds is 11. The summed E-state index contributed by atoms with van der Waals surface area (Å²) in [5.74, 6) is 1.05. The number of aryl methyl sites for hydroxylation is 2. The molecule has 5 nitrogen and oxygen atoms in total. The van der Waals surface area contributed by atoms with E-state index in [1.165, 1.54) is 18.2 Å². The molecule has 1 aliphatic carbocycles. The molecule has 0 saturated carbocycles. The quantitative estimate of drug-likeness (QED) is 0.0560. The molecule has 0 atom stereocenters. The number of hydrogen-bond acceptors (Lipinski definition) is 2. The van der Waals surface area contributed by atoms with Gasteiger partial charge in [-0.2, -0.15) is 18.2 Å². The Labute approximate surface area is 692 Å². The van der Waals surface area contributed by atoms with Crippen LogP contribution in [0.25, 0.3) is 117 Å². The number of aromatic nitrogens is 4. The maximum atomic E-state index is 11.3. The van der Waals surface area contributed by atoms with Crippen LogP contribution in [0.5, 0.6) is 11.5 Å². The summed E-state index contributed by atoms with van der Waals surface area (Å²) in [4.78, 5) is 4.91. The molecule has 0 radical (unpaired) electrons. The maximum Gasteiger partial charge on any atom is 0.268 e. The molecule has 0 amide bonds. The third-order valence-corrected chi connectivity index (χ3v) is 25.8. The number of pyridine rings is 1. The first-order valence-electron chi connectivity index (χ1n) is 48.6. The van der Waals surface area contributed by atoms with Gasteiger partial charge >= 0.3 is 0 Å². The van der Waals surface area contributed by atoms with Crippen LogP contribution < -0.4 is 30.1 Å². The Bertz CT molecular complexity index is 7440. The molecule has 13 aromatic carbocycles. The second-order valence-corrected chi connectivity index (χ2v) is 35.0. The van der Waals surface area contributed by atoms with Crippen LogP contribution in [0.1, 0.15) is 150 Å². The number of imidazole rings is 1. The van der Waals surface area contributed by atoms with Crippen LogP contribution in [0.3, 0.4) is 0 Å².